The lowest BCUT2D eigenvalue weighted by molar-refractivity contribution is 0.730. The minimum Gasteiger partial charge on any atom is -0.356 e. The number of aryl methyl sites for hydroxylation is 3. The summed E-state index contributed by atoms with van der Waals surface area (Å²) in [7, 11) is 1.99. The van der Waals surface area contributed by atoms with E-state index < -0.39 is 0 Å². The van der Waals surface area contributed by atoms with Crippen molar-refractivity contribution in [2.75, 3.05) is 23.0 Å². The van der Waals surface area contributed by atoms with Gasteiger partial charge in [0.1, 0.15) is 5.50 Å². The molecule has 0 fully saturated rings. The van der Waals surface area contributed by atoms with Crippen molar-refractivity contribution in [3.8, 4) is 0 Å². The smallest absolute Gasteiger partial charge is 0.148 e. The van der Waals surface area contributed by atoms with Crippen molar-refractivity contribution in [2.24, 2.45) is 7.05 Å². The third kappa shape index (κ3) is 3.78. The Labute approximate surface area is 148 Å². The summed E-state index contributed by atoms with van der Waals surface area (Å²) in [5.41, 5.74) is 5.78. The number of hydrogen-bond donors (Lipinski definition) is 1. The van der Waals surface area contributed by atoms with Crippen LogP contribution < -0.4 is 10.2 Å². The van der Waals surface area contributed by atoms with E-state index >= 15 is 0 Å². The highest BCUT2D eigenvalue weighted by atomic mass is 35.5. The lowest BCUT2D eigenvalue weighted by Gasteiger charge is -2.33. The molecule has 1 unspecified atom stereocenters. The number of nitrogens with zero attached hydrogens (tertiary/aromatic N) is 3. The first-order chi connectivity index (χ1) is 10.9. The molecule has 4 nitrogen and oxygen atoms in total. The Morgan fingerprint density at radius 2 is 2.04 bits per heavy atom. The van der Waals surface area contributed by atoms with Gasteiger partial charge in [-0.1, -0.05) is 17.7 Å². The topological polar surface area (TPSA) is 33.1 Å². The van der Waals surface area contributed by atoms with Crippen LogP contribution in [0.25, 0.3) is 0 Å². The van der Waals surface area contributed by atoms with Gasteiger partial charge in [-0.15, -0.1) is 11.8 Å². The number of benzene rings is 1. The van der Waals surface area contributed by atoms with Crippen molar-refractivity contribution in [1.82, 2.24) is 9.78 Å². The fourth-order valence-corrected chi connectivity index (χ4v) is 3.69. The molecule has 126 valence electrons. The number of halogens is 1. The molecule has 6 heteroatoms. The van der Waals surface area contributed by atoms with E-state index in [0.717, 1.165) is 22.9 Å². The quantitative estimate of drug-likeness (QED) is 0.771. The molecule has 2 rings (SSSR count). The van der Waals surface area contributed by atoms with Crippen LogP contribution in [0.3, 0.4) is 0 Å². The predicted molar refractivity (Wildman–Crippen MR) is 103 cm³/mol. The summed E-state index contributed by atoms with van der Waals surface area (Å²) in [5.74, 6) is 0. The van der Waals surface area contributed by atoms with Crippen LogP contribution in [0.4, 0.5) is 11.4 Å². The van der Waals surface area contributed by atoms with Crippen LogP contribution >= 0.6 is 23.4 Å². The maximum atomic E-state index is 6.15. The second-order valence-electron chi connectivity index (χ2n) is 5.62. The van der Waals surface area contributed by atoms with Crippen molar-refractivity contribution in [3.05, 3.63) is 40.2 Å². The predicted octanol–water partition coefficient (Wildman–Crippen LogP) is 4.58. The van der Waals surface area contributed by atoms with E-state index in [1.54, 1.807) is 11.8 Å². The molecule has 2 aromatic rings. The Morgan fingerprint density at radius 3 is 2.57 bits per heavy atom. The van der Waals surface area contributed by atoms with Crippen LogP contribution in [0.15, 0.2) is 18.2 Å². The Kier molecular flexibility index (Phi) is 5.87. The first-order valence-corrected chi connectivity index (χ1v) is 9.38. The lowest BCUT2D eigenvalue weighted by Crippen LogP contribution is -2.39. The van der Waals surface area contributed by atoms with Crippen molar-refractivity contribution < 1.29 is 0 Å². The molecule has 1 aromatic carbocycles. The minimum atomic E-state index is 0.110. The molecule has 1 N–H and O–H groups in total. The molecule has 0 aliphatic rings. The van der Waals surface area contributed by atoms with E-state index in [-0.39, 0.29) is 5.50 Å². The molecule has 0 aliphatic heterocycles. The maximum absolute atomic E-state index is 6.15. The molecule has 0 saturated heterocycles. The highest BCUT2D eigenvalue weighted by Gasteiger charge is 2.23. The first-order valence-electron chi connectivity index (χ1n) is 7.71. The van der Waals surface area contributed by atoms with Crippen molar-refractivity contribution in [3.63, 3.8) is 0 Å². The number of hydrogen-bond acceptors (Lipinski definition) is 4. The third-order valence-electron chi connectivity index (χ3n) is 4.08. The molecule has 0 aliphatic carbocycles. The van der Waals surface area contributed by atoms with Gasteiger partial charge in [0, 0.05) is 24.3 Å². The number of thioether (sulfide) groups is 1. The van der Waals surface area contributed by atoms with E-state index in [4.69, 9.17) is 11.6 Å². The van der Waals surface area contributed by atoms with Gasteiger partial charge in [-0.3, -0.25) is 4.68 Å². The van der Waals surface area contributed by atoms with E-state index in [2.05, 4.69) is 49.3 Å². The Hall–Kier alpha value is -1.33. The summed E-state index contributed by atoms with van der Waals surface area (Å²) in [6.45, 7) is 9.33. The van der Waals surface area contributed by atoms with Crippen LogP contribution in [-0.2, 0) is 7.05 Å². The van der Waals surface area contributed by atoms with Gasteiger partial charge in [-0.25, -0.2) is 0 Å². The van der Waals surface area contributed by atoms with Gasteiger partial charge >= 0.3 is 0 Å². The molecule has 1 aromatic heterocycles. The molecule has 1 heterocycles. The molecule has 0 radical (unpaired) electrons. The summed E-state index contributed by atoms with van der Waals surface area (Å²) in [5, 5.41) is 8.92. The molecule has 0 spiro atoms. The Balaban J connectivity index is 2.35. The van der Waals surface area contributed by atoms with Crippen molar-refractivity contribution in [1.29, 1.82) is 0 Å². The largest absolute Gasteiger partial charge is 0.356 e. The van der Waals surface area contributed by atoms with Gasteiger partial charge in [0.2, 0.25) is 0 Å². The normalized spacial score (nSPS) is 12.3. The van der Waals surface area contributed by atoms with Crippen LogP contribution in [0, 0.1) is 20.8 Å². The number of anilines is 2. The average Bonchev–Trinajstić information content (AvgIpc) is 2.76. The SMILES string of the molecule is CCN(c1c(C)nn(C)c1C)C(Nc1cc(Cl)ccc1C)SC. The van der Waals surface area contributed by atoms with Gasteiger partial charge in [0.05, 0.1) is 17.1 Å². The van der Waals surface area contributed by atoms with Crippen LogP contribution in [0.2, 0.25) is 5.02 Å². The van der Waals surface area contributed by atoms with Crippen molar-refractivity contribution in [2.45, 2.75) is 33.2 Å². The highest BCUT2D eigenvalue weighted by molar-refractivity contribution is 7.99. The van der Waals surface area contributed by atoms with Crippen molar-refractivity contribution >= 4 is 34.7 Å². The van der Waals surface area contributed by atoms with E-state index in [1.165, 1.54) is 16.9 Å². The Morgan fingerprint density at radius 1 is 1.35 bits per heavy atom. The molecule has 23 heavy (non-hydrogen) atoms. The van der Waals surface area contributed by atoms with E-state index in [1.807, 2.05) is 29.9 Å². The third-order valence-corrected chi connectivity index (χ3v) is 5.14. The second-order valence-corrected chi connectivity index (χ2v) is 6.98. The van der Waals surface area contributed by atoms with Crippen LogP contribution in [0.5, 0.6) is 0 Å². The highest BCUT2D eigenvalue weighted by Crippen LogP contribution is 2.30. The molecule has 0 saturated carbocycles. The van der Waals surface area contributed by atoms with Crippen LogP contribution in [0.1, 0.15) is 23.9 Å². The summed E-state index contributed by atoms with van der Waals surface area (Å²) in [6, 6.07) is 5.94. The lowest BCUT2D eigenvalue weighted by atomic mass is 10.2. The molecular formula is C17H25ClN4S. The fraction of sp³-hybridized carbons (Fsp3) is 0.471. The molecule has 0 amide bonds. The molecule has 1 atom stereocenters. The average molecular weight is 353 g/mol. The van der Waals surface area contributed by atoms with Crippen LogP contribution in [-0.4, -0.2) is 28.1 Å². The zero-order chi connectivity index (χ0) is 17.1. The monoisotopic (exact) mass is 352 g/mol. The number of aromatic nitrogens is 2. The van der Waals surface area contributed by atoms with Gasteiger partial charge in [-0.2, -0.15) is 5.10 Å². The maximum Gasteiger partial charge on any atom is 0.148 e. The fourth-order valence-electron chi connectivity index (χ4n) is 2.77. The number of nitrogens with one attached hydrogen (secondary N) is 1. The molecule has 0 bridgehead atoms. The minimum absolute atomic E-state index is 0.110. The van der Waals surface area contributed by atoms with E-state index in [0.29, 0.717) is 0 Å². The first kappa shape index (κ1) is 18.0. The Bertz CT molecular complexity index is 683. The van der Waals surface area contributed by atoms with Gasteiger partial charge in [0.15, 0.2) is 0 Å². The second kappa shape index (κ2) is 7.49. The van der Waals surface area contributed by atoms with Gasteiger partial charge in [-0.05, 0) is 51.6 Å². The summed E-state index contributed by atoms with van der Waals surface area (Å²) >= 11 is 7.92. The number of rotatable bonds is 6. The summed E-state index contributed by atoms with van der Waals surface area (Å²) in [4.78, 5) is 2.35. The summed E-state index contributed by atoms with van der Waals surface area (Å²) < 4.78 is 1.94. The zero-order valence-electron chi connectivity index (χ0n) is 14.6. The zero-order valence-corrected chi connectivity index (χ0v) is 16.2. The molecular weight excluding hydrogens is 328 g/mol. The van der Waals surface area contributed by atoms with Gasteiger partial charge in [0.25, 0.3) is 0 Å². The summed E-state index contributed by atoms with van der Waals surface area (Å²) in [6.07, 6.45) is 2.11. The van der Waals surface area contributed by atoms with E-state index in [9.17, 15) is 0 Å². The standard InChI is InChI=1S/C17H25ClN4S/c1-7-22(16-12(3)20-21(5)13(16)4)17(23-6)19-15-10-14(18)9-8-11(15)2/h8-10,17,19H,7H2,1-6H3. The van der Waals surface area contributed by atoms with Gasteiger partial charge < -0.3 is 10.2 Å².